The smallest absolute Gasteiger partial charge is 0.317 e. The van der Waals surface area contributed by atoms with Crippen LogP contribution in [0.5, 0.6) is 0 Å². The van der Waals surface area contributed by atoms with Crippen molar-refractivity contribution in [2.45, 2.75) is 44.8 Å². The summed E-state index contributed by atoms with van der Waals surface area (Å²) in [5.41, 5.74) is 0. The van der Waals surface area contributed by atoms with Crippen LogP contribution in [0.1, 0.15) is 32.6 Å². The predicted octanol–water partition coefficient (Wildman–Crippen LogP) is 1.06. The molecule has 1 atom stereocenters. The van der Waals surface area contributed by atoms with Gasteiger partial charge in [-0.25, -0.2) is 4.79 Å². The van der Waals surface area contributed by atoms with E-state index in [9.17, 15) is 9.59 Å². The first-order valence-corrected chi connectivity index (χ1v) is 7.00. The molecule has 19 heavy (non-hydrogen) atoms. The Hall–Kier alpha value is -1.30. The number of amides is 2. The van der Waals surface area contributed by atoms with E-state index in [1.54, 1.807) is 4.90 Å². The number of carboxylic acids is 1. The summed E-state index contributed by atoms with van der Waals surface area (Å²) in [6, 6.07) is 0.0418. The van der Waals surface area contributed by atoms with E-state index in [2.05, 4.69) is 5.32 Å². The van der Waals surface area contributed by atoms with Gasteiger partial charge >= 0.3 is 12.0 Å². The molecule has 6 nitrogen and oxygen atoms in total. The molecule has 1 heterocycles. The minimum atomic E-state index is -0.808. The second-order valence-corrected chi connectivity index (χ2v) is 5.32. The van der Waals surface area contributed by atoms with Crippen molar-refractivity contribution in [3.8, 4) is 0 Å². The third-order valence-corrected chi connectivity index (χ3v) is 3.88. The van der Waals surface area contributed by atoms with Gasteiger partial charge in [-0.15, -0.1) is 0 Å². The summed E-state index contributed by atoms with van der Waals surface area (Å²) in [5.74, 6) is -1.23. The minimum absolute atomic E-state index is 0.133. The van der Waals surface area contributed by atoms with Gasteiger partial charge in [0.2, 0.25) is 0 Å². The van der Waals surface area contributed by atoms with Crippen molar-refractivity contribution in [2.75, 3.05) is 19.7 Å². The summed E-state index contributed by atoms with van der Waals surface area (Å²) in [5, 5.41) is 11.9. The van der Waals surface area contributed by atoms with Gasteiger partial charge in [0.15, 0.2) is 0 Å². The average molecular weight is 270 g/mol. The molecule has 108 valence electrons. The van der Waals surface area contributed by atoms with Crippen LogP contribution < -0.4 is 5.32 Å². The van der Waals surface area contributed by atoms with Gasteiger partial charge in [-0.05, 0) is 32.6 Å². The second-order valence-electron chi connectivity index (χ2n) is 5.32. The van der Waals surface area contributed by atoms with Crippen LogP contribution in [0.3, 0.4) is 0 Å². The van der Waals surface area contributed by atoms with Gasteiger partial charge in [-0.1, -0.05) is 0 Å². The van der Waals surface area contributed by atoms with E-state index in [-0.39, 0.29) is 18.2 Å². The summed E-state index contributed by atoms with van der Waals surface area (Å²) in [4.78, 5) is 24.6. The van der Waals surface area contributed by atoms with Crippen LogP contribution >= 0.6 is 0 Å². The SMILES string of the molecule is CCOC1CC(NC(=O)N2CCCC(C(=O)O)C2)C1. The maximum atomic E-state index is 12.0. The van der Waals surface area contributed by atoms with Crippen molar-refractivity contribution in [1.82, 2.24) is 10.2 Å². The predicted molar refractivity (Wildman–Crippen MR) is 68.9 cm³/mol. The zero-order valence-corrected chi connectivity index (χ0v) is 11.3. The Labute approximate surface area is 113 Å². The number of hydrogen-bond acceptors (Lipinski definition) is 3. The summed E-state index contributed by atoms with van der Waals surface area (Å²) in [6.07, 6.45) is 3.40. The van der Waals surface area contributed by atoms with Crippen molar-refractivity contribution >= 4 is 12.0 Å². The van der Waals surface area contributed by atoms with Crippen molar-refractivity contribution in [3.05, 3.63) is 0 Å². The molecule has 0 bridgehead atoms. The molecule has 2 N–H and O–H groups in total. The van der Waals surface area contributed by atoms with Gasteiger partial charge in [-0.2, -0.15) is 0 Å². The van der Waals surface area contributed by atoms with E-state index >= 15 is 0 Å². The molecule has 2 fully saturated rings. The number of likely N-dealkylation sites (tertiary alicyclic amines) is 1. The Bertz CT molecular complexity index is 342. The molecule has 1 unspecified atom stereocenters. The summed E-state index contributed by atoms with van der Waals surface area (Å²) in [7, 11) is 0. The number of ether oxygens (including phenoxy) is 1. The number of carbonyl (C=O) groups excluding carboxylic acids is 1. The summed E-state index contributed by atoms with van der Waals surface area (Å²) >= 11 is 0. The van der Waals surface area contributed by atoms with Crippen LogP contribution in [0.25, 0.3) is 0 Å². The van der Waals surface area contributed by atoms with Crippen LogP contribution in [0.2, 0.25) is 0 Å². The van der Waals surface area contributed by atoms with E-state index < -0.39 is 11.9 Å². The molecule has 6 heteroatoms. The van der Waals surface area contributed by atoms with Gasteiger partial charge in [0.05, 0.1) is 12.0 Å². The molecule has 0 spiro atoms. The molecule has 1 saturated carbocycles. The molecule has 2 aliphatic rings. The molecule has 0 aromatic heterocycles. The second kappa shape index (κ2) is 6.23. The normalized spacial score (nSPS) is 30.6. The number of carboxylic acid groups (broad SMARTS) is 1. The minimum Gasteiger partial charge on any atom is -0.481 e. The van der Waals surface area contributed by atoms with Crippen molar-refractivity contribution in [1.29, 1.82) is 0 Å². The Kier molecular flexibility index (Phi) is 4.63. The lowest BCUT2D eigenvalue weighted by atomic mass is 9.89. The monoisotopic (exact) mass is 270 g/mol. The van der Waals surface area contributed by atoms with Gasteiger partial charge in [0, 0.05) is 25.7 Å². The molecule has 1 aliphatic carbocycles. The molecule has 0 aromatic rings. The van der Waals surface area contributed by atoms with Crippen LogP contribution in [0.15, 0.2) is 0 Å². The van der Waals surface area contributed by atoms with Gasteiger partial charge in [-0.3, -0.25) is 4.79 Å². The maximum absolute atomic E-state index is 12.0. The molecule has 2 amide bonds. The van der Waals surface area contributed by atoms with Crippen LogP contribution in [0, 0.1) is 5.92 Å². The van der Waals surface area contributed by atoms with Gasteiger partial charge in [0.25, 0.3) is 0 Å². The quantitative estimate of drug-likeness (QED) is 0.800. The fraction of sp³-hybridized carbons (Fsp3) is 0.846. The number of hydrogen-bond donors (Lipinski definition) is 2. The van der Waals surface area contributed by atoms with Crippen molar-refractivity contribution in [3.63, 3.8) is 0 Å². The van der Waals surface area contributed by atoms with E-state index in [0.29, 0.717) is 26.1 Å². The third kappa shape index (κ3) is 3.59. The van der Waals surface area contributed by atoms with Crippen LogP contribution in [-0.4, -0.2) is 53.8 Å². The Balaban J connectivity index is 1.73. The lowest BCUT2D eigenvalue weighted by Gasteiger charge is -2.38. The number of aliphatic carboxylic acids is 1. The fourth-order valence-electron chi connectivity index (χ4n) is 2.68. The first-order chi connectivity index (χ1) is 9.10. The van der Waals surface area contributed by atoms with Gasteiger partial charge in [0.1, 0.15) is 0 Å². The average Bonchev–Trinajstić information content (AvgIpc) is 2.36. The number of urea groups is 1. The van der Waals surface area contributed by atoms with Crippen molar-refractivity contribution in [2.24, 2.45) is 5.92 Å². The molecule has 2 rings (SSSR count). The molecular weight excluding hydrogens is 248 g/mol. The van der Waals surface area contributed by atoms with E-state index in [1.807, 2.05) is 6.92 Å². The zero-order chi connectivity index (χ0) is 13.8. The Morgan fingerprint density at radius 3 is 2.79 bits per heavy atom. The molecular formula is C13H22N2O4. The first-order valence-electron chi connectivity index (χ1n) is 7.00. The Morgan fingerprint density at radius 2 is 2.16 bits per heavy atom. The fourth-order valence-corrected chi connectivity index (χ4v) is 2.68. The highest BCUT2D eigenvalue weighted by atomic mass is 16.5. The lowest BCUT2D eigenvalue weighted by Crippen LogP contribution is -2.54. The number of piperidine rings is 1. The highest BCUT2D eigenvalue weighted by molar-refractivity contribution is 5.76. The number of carbonyl (C=O) groups is 2. The molecule has 1 saturated heterocycles. The molecule has 1 aliphatic heterocycles. The third-order valence-electron chi connectivity index (χ3n) is 3.88. The number of rotatable bonds is 4. The van der Waals surface area contributed by atoms with Crippen molar-refractivity contribution < 1.29 is 19.4 Å². The first kappa shape index (κ1) is 14.1. The topological polar surface area (TPSA) is 78.9 Å². The molecule has 0 radical (unpaired) electrons. The summed E-state index contributed by atoms with van der Waals surface area (Å²) in [6.45, 7) is 3.64. The lowest BCUT2D eigenvalue weighted by molar-refractivity contribution is -0.143. The highest BCUT2D eigenvalue weighted by Crippen LogP contribution is 2.24. The largest absolute Gasteiger partial charge is 0.481 e. The standard InChI is InChI=1S/C13H22N2O4/c1-2-19-11-6-10(7-11)14-13(18)15-5-3-4-9(8-15)12(16)17/h9-11H,2-8H2,1H3,(H,14,18)(H,16,17). The highest BCUT2D eigenvalue weighted by Gasteiger charge is 2.33. The summed E-state index contributed by atoms with van der Waals surface area (Å²) < 4.78 is 5.44. The molecule has 0 aromatic carbocycles. The number of nitrogens with zero attached hydrogens (tertiary/aromatic N) is 1. The number of nitrogens with one attached hydrogen (secondary N) is 1. The van der Waals surface area contributed by atoms with Crippen LogP contribution in [-0.2, 0) is 9.53 Å². The Morgan fingerprint density at radius 1 is 1.42 bits per heavy atom. The van der Waals surface area contributed by atoms with Gasteiger partial charge < -0.3 is 20.1 Å². The van der Waals surface area contributed by atoms with E-state index in [1.165, 1.54) is 0 Å². The van der Waals surface area contributed by atoms with E-state index in [4.69, 9.17) is 9.84 Å². The van der Waals surface area contributed by atoms with E-state index in [0.717, 1.165) is 19.3 Å². The maximum Gasteiger partial charge on any atom is 0.317 e. The van der Waals surface area contributed by atoms with Crippen LogP contribution in [0.4, 0.5) is 4.79 Å². The zero-order valence-electron chi connectivity index (χ0n) is 11.3.